The molecule has 0 fully saturated rings. The summed E-state index contributed by atoms with van der Waals surface area (Å²) in [7, 11) is 0. The Kier molecular flexibility index (Phi) is 4.40. The van der Waals surface area contributed by atoms with E-state index in [1.165, 1.54) is 6.07 Å². The lowest BCUT2D eigenvalue weighted by Gasteiger charge is -2.21. The second-order valence-electron chi connectivity index (χ2n) is 4.98. The average molecular weight is 256 g/mol. The number of nitrogens with one attached hydrogen (secondary N) is 1. The molecule has 1 amide bonds. The van der Waals surface area contributed by atoms with E-state index in [0.717, 1.165) is 5.56 Å². The molecule has 2 N–H and O–H groups in total. The number of hydrogen-bond donors (Lipinski definition) is 2. The van der Waals surface area contributed by atoms with E-state index in [4.69, 9.17) is 11.6 Å². The number of hydrogen-bond acceptors (Lipinski definition) is 2. The Labute approximate surface area is 107 Å². The fraction of sp³-hybridized carbons (Fsp3) is 0.462. The van der Waals surface area contributed by atoms with Gasteiger partial charge in [0.25, 0.3) is 5.91 Å². The first kappa shape index (κ1) is 13.8. The third kappa shape index (κ3) is 3.93. The van der Waals surface area contributed by atoms with Crippen molar-refractivity contribution < 1.29 is 9.90 Å². The quantitative estimate of drug-likeness (QED) is 0.813. The first-order valence-electron chi connectivity index (χ1n) is 5.49. The van der Waals surface area contributed by atoms with Crippen LogP contribution in [-0.4, -0.2) is 23.4 Å². The monoisotopic (exact) mass is 255 g/mol. The van der Waals surface area contributed by atoms with Crippen LogP contribution < -0.4 is 5.32 Å². The number of benzene rings is 1. The Balaban J connectivity index is 2.68. The number of amides is 1. The third-order valence-electron chi connectivity index (χ3n) is 2.56. The summed E-state index contributed by atoms with van der Waals surface area (Å²) in [6, 6.07) is 4.88. The van der Waals surface area contributed by atoms with Gasteiger partial charge in [0.1, 0.15) is 5.75 Å². The Morgan fingerprint density at radius 2 is 2.12 bits per heavy atom. The second kappa shape index (κ2) is 5.41. The van der Waals surface area contributed by atoms with Gasteiger partial charge in [-0.05, 0) is 30.0 Å². The van der Waals surface area contributed by atoms with E-state index in [9.17, 15) is 9.90 Å². The molecule has 0 saturated heterocycles. The van der Waals surface area contributed by atoms with Crippen LogP contribution >= 0.6 is 11.6 Å². The van der Waals surface area contributed by atoms with Crippen molar-refractivity contribution in [2.45, 2.75) is 20.8 Å². The van der Waals surface area contributed by atoms with Crippen molar-refractivity contribution in [2.75, 3.05) is 12.4 Å². The van der Waals surface area contributed by atoms with Crippen molar-refractivity contribution in [3.8, 4) is 5.75 Å². The fourth-order valence-electron chi connectivity index (χ4n) is 1.22. The Morgan fingerprint density at radius 1 is 1.47 bits per heavy atom. The Bertz CT molecular complexity index is 416. The first-order chi connectivity index (χ1) is 7.85. The molecule has 0 saturated carbocycles. The minimum absolute atomic E-state index is 0.134. The Morgan fingerprint density at radius 3 is 2.65 bits per heavy atom. The molecule has 1 aromatic carbocycles. The Hall–Kier alpha value is -1.22. The number of carbonyl (C=O) groups excluding carboxylic acids is 1. The molecule has 0 heterocycles. The molecule has 3 nitrogen and oxygen atoms in total. The number of halogens is 1. The summed E-state index contributed by atoms with van der Waals surface area (Å²) in [5.41, 5.74) is 1.07. The van der Waals surface area contributed by atoms with E-state index in [2.05, 4.69) is 5.32 Å². The topological polar surface area (TPSA) is 49.3 Å². The molecule has 17 heavy (non-hydrogen) atoms. The molecule has 0 aliphatic heterocycles. The number of carbonyl (C=O) groups is 1. The van der Waals surface area contributed by atoms with E-state index >= 15 is 0 Å². The second-order valence-corrected chi connectivity index (χ2v) is 5.25. The maximum atomic E-state index is 11.8. The summed E-state index contributed by atoms with van der Waals surface area (Å²) in [6.07, 6.45) is 0. The largest absolute Gasteiger partial charge is 0.508 e. The highest BCUT2D eigenvalue weighted by Crippen LogP contribution is 2.18. The molecule has 4 heteroatoms. The van der Waals surface area contributed by atoms with Crippen LogP contribution in [0.5, 0.6) is 5.75 Å². The smallest absolute Gasteiger partial charge is 0.251 e. The minimum atomic E-state index is -0.196. The van der Waals surface area contributed by atoms with Crippen LogP contribution in [0.15, 0.2) is 18.2 Å². The van der Waals surface area contributed by atoms with E-state index in [-0.39, 0.29) is 17.1 Å². The van der Waals surface area contributed by atoms with E-state index in [1.807, 2.05) is 13.8 Å². The summed E-state index contributed by atoms with van der Waals surface area (Å²) >= 11 is 5.78. The molecule has 0 aromatic heterocycles. The van der Waals surface area contributed by atoms with Gasteiger partial charge in [-0.2, -0.15) is 0 Å². The zero-order chi connectivity index (χ0) is 13.1. The van der Waals surface area contributed by atoms with Crippen LogP contribution in [0.3, 0.4) is 0 Å². The van der Waals surface area contributed by atoms with Gasteiger partial charge in [0.2, 0.25) is 0 Å². The lowest BCUT2D eigenvalue weighted by atomic mass is 9.96. The highest BCUT2D eigenvalue weighted by atomic mass is 35.5. The molecule has 0 aliphatic rings. The minimum Gasteiger partial charge on any atom is -0.508 e. The molecule has 0 atom stereocenters. The lowest BCUT2D eigenvalue weighted by Crippen LogP contribution is -2.34. The van der Waals surface area contributed by atoms with Crippen molar-refractivity contribution in [2.24, 2.45) is 5.41 Å². The van der Waals surface area contributed by atoms with Crippen molar-refractivity contribution in [1.29, 1.82) is 0 Å². The summed E-state index contributed by atoms with van der Waals surface area (Å²) in [6.45, 7) is 6.25. The van der Waals surface area contributed by atoms with E-state index in [1.54, 1.807) is 19.1 Å². The van der Waals surface area contributed by atoms with Gasteiger partial charge in [0.15, 0.2) is 0 Å². The van der Waals surface area contributed by atoms with Crippen LogP contribution in [0.1, 0.15) is 29.8 Å². The number of phenolic OH excluding ortho intramolecular Hbond substituents is 1. The number of rotatable bonds is 4. The van der Waals surface area contributed by atoms with Crippen molar-refractivity contribution in [1.82, 2.24) is 5.32 Å². The van der Waals surface area contributed by atoms with Crippen molar-refractivity contribution in [3.05, 3.63) is 29.3 Å². The summed E-state index contributed by atoms with van der Waals surface area (Å²) in [5, 5.41) is 12.3. The zero-order valence-corrected chi connectivity index (χ0v) is 11.1. The van der Waals surface area contributed by atoms with Crippen LogP contribution in [0.4, 0.5) is 0 Å². The SMILES string of the molecule is Cc1ccc(C(=O)NCC(C)(C)CCl)cc1O. The molecule has 0 unspecified atom stereocenters. The first-order valence-corrected chi connectivity index (χ1v) is 6.03. The van der Waals surface area contributed by atoms with Gasteiger partial charge in [0.05, 0.1) is 0 Å². The van der Waals surface area contributed by atoms with Gasteiger partial charge in [0, 0.05) is 18.0 Å². The van der Waals surface area contributed by atoms with Gasteiger partial charge in [-0.15, -0.1) is 11.6 Å². The molecular formula is C13H18ClNO2. The standard InChI is InChI=1S/C13H18ClNO2/c1-9-4-5-10(6-11(9)16)12(17)15-8-13(2,3)7-14/h4-6,16H,7-8H2,1-3H3,(H,15,17). The van der Waals surface area contributed by atoms with Crippen LogP contribution in [0, 0.1) is 12.3 Å². The number of aryl methyl sites for hydroxylation is 1. The maximum Gasteiger partial charge on any atom is 0.251 e. The average Bonchev–Trinajstić information content (AvgIpc) is 2.30. The number of aromatic hydroxyl groups is 1. The molecule has 0 aliphatic carbocycles. The molecule has 0 bridgehead atoms. The molecule has 0 radical (unpaired) electrons. The van der Waals surface area contributed by atoms with Crippen LogP contribution in [0.25, 0.3) is 0 Å². The predicted octanol–water partition coefficient (Wildman–Crippen LogP) is 2.70. The fourth-order valence-corrected chi connectivity index (χ4v) is 1.31. The highest BCUT2D eigenvalue weighted by Gasteiger charge is 2.18. The normalized spacial score (nSPS) is 11.3. The van der Waals surface area contributed by atoms with Gasteiger partial charge < -0.3 is 10.4 Å². The maximum absolute atomic E-state index is 11.8. The van der Waals surface area contributed by atoms with Crippen LogP contribution in [-0.2, 0) is 0 Å². The molecule has 1 aromatic rings. The van der Waals surface area contributed by atoms with Gasteiger partial charge in [-0.3, -0.25) is 4.79 Å². The molecule has 1 rings (SSSR count). The predicted molar refractivity (Wildman–Crippen MR) is 69.7 cm³/mol. The molecular weight excluding hydrogens is 238 g/mol. The van der Waals surface area contributed by atoms with Crippen molar-refractivity contribution in [3.63, 3.8) is 0 Å². The van der Waals surface area contributed by atoms with Gasteiger partial charge in [-0.1, -0.05) is 19.9 Å². The van der Waals surface area contributed by atoms with Crippen molar-refractivity contribution >= 4 is 17.5 Å². The van der Waals surface area contributed by atoms with Crippen LogP contribution in [0.2, 0.25) is 0 Å². The zero-order valence-electron chi connectivity index (χ0n) is 10.4. The van der Waals surface area contributed by atoms with Gasteiger partial charge >= 0.3 is 0 Å². The van der Waals surface area contributed by atoms with Gasteiger partial charge in [-0.25, -0.2) is 0 Å². The summed E-state index contributed by atoms with van der Waals surface area (Å²) in [5.74, 6) is 0.416. The summed E-state index contributed by atoms with van der Waals surface area (Å²) in [4.78, 5) is 11.8. The summed E-state index contributed by atoms with van der Waals surface area (Å²) < 4.78 is 0. The van der Waals surface area contributed by atoms with E-state index < -0.39 is 0 Å². The van der Waals surface area contributed by atoms with E-state index in [0.29, 0.717) is 18.0 Å². The highest BCUT2D eigenvalue weighted by molar-refractivity contribution is 6.18. The molecule has 94 valence electrons. The lowest BCUT2D eigenvalue weighted by molar-refractivity contribution is 0.0939. The number of alkyl halides is 1. The number of phenols is 1. The molecule has 0 spiro atoms. The third-order valence-corrected chi connectivity index (χ3v) is 3.28.